The minimum absolute atomic E-state index is 0.383. The van der Waals surface area contributed by atoms with E-state index in [2.05, 4.69) is 15.3 Å². The van der Waals surface area contributed by atoms with Crippen molar-refractivity contribution in [3.63, 3.8) is 0 Å². The van der Waals surface area contributed by atoms with E-state index in [1.807, 2.05) is 6.92 Å². The monoisotopic (exact) mass is 318 g/mol. The van der Waals surface area contributed by atoms with E-state index in [4.69, 9.17) is 9.47 Å². The van der Waals surface area contributed by atoms with Gasteiger partial charge in [-0.25, -0.2) is 12.7 Å². The molecule has 0 radical (unpaired) electrons. The Bertz CT molecular complexity index is 528. The Kier molecular flexibility index (Phi) is 6.63. The van der Waals surface area contributed by atoms with Gasteiger partial charge < -0.3 is 14.8 Å². The molecule has 1 aromatic heterocycles. The van der Waals surface area contributed by atoms with Crippen molar-refractivity contribution in [2.75, 3.05) is 45.4 Å². The molecule has 0 aliphatic heterocycles. The number of rotatable bonds is 9. The van der Waals surface area contributed by atoms with Crippen molar-refractivity contribution < 1.29 is 17.9 Å². The number of sulfonamides is 1. The minimum Gasteiger partial charge on any atom is -0.481 e. The lowest BCUT2D eigenvalue weighted by Crippen LogP contribution is -2.31. The summed E-state index contributed by atoms with van der Waals surface area (Å²) in [6, 6.07) is 1.58. The number of hydrogen-bond donors (Lipinski definition) is 1. The van der Waals surface area contributed by atoms with Crippen LogP contribution in [0.3, 0.4) is 0 Å². The predicted octanol–water partition coefficient (Wildman–Crippen LogP) is 0.577. The Hall–Kier alpha value is -1.61. The lowest BCUT2D eigenvalue weighted by atomic mass is 10.4. The SMILES string of the molecule is CCN(CCCNc1nc(OC)cc(OC)n1)S(C)(=O)=O. The van der Waals surface area contributed by atoms with Gasteiger partial charge in [-0.2, -0.15) is 9.97 Å². The normalized spacial score (nSPS) is 11.5. The molecule has 0 amide bonds. The zero-order valence-corrected chi connectivity index (χ0v) is 13.6. The molecule has 0 atom stereocenters. The maximum absolute atomic E-state index is 11.4. The van der Waals surface area contributed by atoms with E-state index >= 15 is 0 Å². The molecule has 0 bridgehead atoms. The molecular formula is C12H22N4O4S. The molecule has 9 heteroatoms. The van der Waals surface area contributed by atoms with Gasteiger partial charge in [0.2, 0.25) is 27.7 Å². The molecule has 1 heterocycles. The van der Waals surface area contributed by atoms with Crippen LogP contribution in [0.2, 0.25) is 0 Å². The van der Waals surface area contributed by atoms with E-state index in [1.165, 1.54) is 24.8 Å². The molecule has 0 unspecified atom stereocenters. The number of nitrogens with one attached hydrogen (secondary N) is 1. The lowest BCUT2D eigenvalue weighted by molar-refractivity contribution is 0.372. The van der Waals surface area contributed by atoms with Crippen LogP contribution in [0.15, 0.2) is 6.07 Å². The molecule has 21 heavy (non-hydrogen) atoms. The second-order valence-electron chi connectivity index (χ2n) is 4.31. The van der Waals surface area contributed by atoms with Crippen molar-refractivity contribution in [3.8, 4) is 11.8 Å². The number of anilines is 1. The quantitative estimate of drug-likeness (QED) is 0.665. The third-order valence-corrected chi connectivity index (χ3v) is 4.17. The molecule has 0 aromatic carbocycles. The van der Waals surface area contributed by atoms with Crippen molar-refractivity contribution in [2.24, 2.45) is 0 Å². The molecule has 0 aliphatic carbocycles. The Morgan fingerprint density at radius 1 is 1.24 bits per heavy atom. The van der Waals surface area contributed by atoms with Crippen LogP contribution in [0, 0.1) is 0 Å². The summed E-state index contributed by atoms with van der Waals surface area (Å²) in [7, 11) is -0.126. The van der Waals surface area contributed by atoms with E-state index in [0.717, 1.165) is 0 Å². The summed E-state index contributed by atoms with van der Waals surface area (Å²) in [5, 5.41) is 3.02. The first-order valence-corrected chi connectivity index (χ1v) is 8.41. The summed E-state index contributed by atoms with van der Waals surface area (Å²) < 4.78 is 34.4. The van der Waals surface area contributed by atoms with Crippen LogP contribution in [0.4, 0.5) is 5.95 Å². The largest absolute Gasteiger partial charge is 0.481 e. The molecular weight excluding hydrogens is 296 g/mol. The summed E-state index contributed by atoms with van der Waals surface area (Å²) in [6.07, 6.45) is 1.85. The number of aromatic nitrogens is 2. The molecule has 1 rings (SSSR count). The number of hydrogen-bond acceptors (Lipinski definition) is 7. The van der Waals surface area contributed by atoms with Crippen LogP contribution in [0.25, 0.3) is 0 Å². The zero-order chi connectivity index (χ0) is 15.9. The highest BCUT2D eigenvalue weighted by atomic mass is 32.2. The molecule has 8 nitrogen and oxygen atoms in total. The average Bonchev–Trinajstić information content (AvgIpc) is 2.45. The molecule has 0 saturated carbocycles. The van der Waals surface area contributed by atoms with Gasteiger partial charge in [0.15, 0.2) is 0 Å². The van der Waals surface area contributed by atoms with Crippen molar-refractivity contribution in [2.45, 2.75) is 13.3 Å². The topological polar surface area (TPSA) is 93.7 Å². The van der Waals surface area contributed by atoms with E-state index in [9.17, 15) is 8.42 Å². The van der Waals surface area contributed by atoms with Crippen LogP contribution in [0.5, 0.6) is 11.8 Å². The molecule has 0 saturated heterocycles. The highest BCUT2D eigenvalue weighted by molar-refractivity contribution is 7.88. The van der Waals surface area contributed by atoms with Gasteiger partial charge in [-0.15, -0.1) is 0 Å². The third-order valence-electron chi connectivity index (χ3n) is 2.79. The van der Waals surface area contributed by atoms with Crippen molar-refractivity contribution in [1.82, 2.24) is 14.3 Å². The maximum Gasteiger partial charge on any atom is 0.229 e. The van der Waals surface area contributed by atoms with Crippen LogP contribution >= 0.6 is 0 Å². The van der Waals surface area contributed by atoms with Gasteiger partial charge in [0.25, 0.3) is 0 Å². The number of methoxy groups -OCH3 is 2. The second-order valence-corrected chi connectivity index (χ2v) is 6.29. The molecule has 1 aromatic rings. The fourth-order valence-corrected chi connectivity index (χ4v) is 2.64. The van der Waals surface area contributed by atoms with Crippen molar-refractivity contribution in [1.29, 1.82) is 0 Å². The Labute approximate surface area is 125 Å². The molecule has 0 spiro atoms. The predicted molar refractivity (Wildman–Crippen MR) is 80.3 cm³/mol. The lowest BCUT2D eigenvalue weighted by Gasteiger charge is -2.17. The van der Waals surface area contributed by atoms with Gasteiger partial charge in [0.05, 0.1) is 26.5 Å². The van der Waals surface area contributed by atoms with Crippen molar-refractivity contribution >= 4 is 16.0 Å². The fraction of sp³-hybridized carbons (Fsp3) is 0.667. The summed E-state index contributed by atoms with van der Waals surface area (Å²) in [4.78, 5) is 8.26. The van der Waals surface area contributed by atoms with Crippen LogP contribution < -0.4 is 14.8 Å². The first-order chi connectivity index (χ1) is 9.90. The summed E-state index contributed by atoms with van der Waals surface area (Å²) >= 11 is 0. The van der Waals surface area contributed by atoms with Gasteiger partial charge >= 0.3 is 0 Å². The first-order valence-electron chi connectivity index (χ1n) is 6.56. The van der Waals surface area contributed by atoms with E-state index < -0.39 is 10.0 Å². The summed E-state index contributed by atoms with van der Waals surface area (Å²) in [5.41, 5.74) is 0. The molecule has 0 fully saturated rings. The van der Waals surface area contributed by atoms with Gasteiger partial charge in [-0.1, -0.05) is 6.92 Å². The fourth-order valence-electron chi connectivity index (χ4n) is 1.71. The number of nitrogens with zero attached hydrogens (tertiary/aromatic N) is 3. The van der Waals surface area contributed by atoms with Crippen LogP contribution in [-0.4, -0.2) is 62.8 Å². The average molecular weight is 318 g/mol. The minimum atomic E-state index is -3.15. The zero-order valence-electron chi connectivity index (χ0n) is 12.8. The second kappa shape index (κ2) is 7.99. The Morgan fingerprint density at radius 3 is 2.24 bits per heavy atom. The van der Waals surface area contributed by atoms with Gasteiger partial charge in [-0.05, 0) is 6.42 Å². The first kappa shape index (κ1) is 17.4. The standard InChI is InChI=1S/C12H22N4O4S/c1-5-16(21(4,17)18)8-6-7-13-12-14-10(19-2)9-11(15-12)20-3/h9H,5-8H2,1-4H3,(H,13,14,15). The smallest absolute Gasteiger partial charge is 0.229 e. The third kappa shape index (κ3) is 5.72. The molecule has 120 valence electrons. The Morgan fingerprint density at radius 2 is 1.81 bits per heavy atom. The summed E-state index contributed by atoms with van der Waals surface area (Å²) in [6.45, 7) is 3.26. The molecule has 1 N–H and O–H groups in total. The van der Waals surface area contributed by atoms with Crippen LogP contribution in [-0.2, 0) is 10.0 Å². The number of ether oxygens (including phenoxy) is 2. The van der Waals surface area contributed by atoms with Gasteiger partial charge in [0, 0.05) is 19.6 Å². The molecule has 0 aliphatic rings. The van der Waals surface area contributed by atoms with Gasteiger partial charge in [-0.3, -0.25) is 0 Å². The Balaban J connectivity index is 2.52. The van der Waals surface area contributed by atoms with Crippen LogP contribution in [0.1, 0.15) is 13.3 Å². The van der Waals surface area contributed by atoms with E-state index in [1.54, 1.807) is 6.07 Å². The maximum atomic E-state index is 11.4. The highest BCUT2D eigenvalue weighted by Crippen LogP contribution is 2.17. The summed E-state index contributed by atoms with van der Waals surface area (Å²) in [5.74, 6) is 1.18. The van der Waals surface area contributed by atoms with E-state index in [-0.39, 0.29) is 0 Å². The van der Waals surface area contributed by atoms with Crippen molar-refractivity contribution in [3.05, 3.63) is 6.07 Å². The van der Waals surface area contributed by atoms with E-state index in [0.29, 0.717) is 43.8 Å². The highest BCUT2D eigenvalue weighted by Gasteiger charge is 2.13. The van der Waals surface area contributed by atoms with Gasteiger partial charge in [0.1, 0.15) is 0 Å².